The first kappa shape index (κ1) is 18.8. The lowest BCUT2D eigenvalue weighted by molar-refractivity contribution is -0.116. The Kier molecular flexibility index (Phi) is 5.89. The number of benzene rings is 2. The SMILES string of the molecule is CC[C@@H](C)NC(=O)c1ccc2c(c1)N(Cc1cccc(Cl)c1)C(=O)CS2. The van der Waals surface area contributed by atoms with Crippen LogP contribution in [0.5, 0.6) is 0 Å². The monoisotopic (exact) mass is 388 g/mol. The maximum absolute atomic E-state index is 12.5. The van der Waals surface area contributed by atoms with Gasteiger partial charge in [0.2, 0.25) is 5.91 Å². The molecule has 0 radical (unpaired) electrons. The lowest BCUT2D eigenvalue weighted by atomic mass is 10.1. The van der Waals surface area contributed by atoms with Crippen molar-refractivity contribution >= 4 is 40.9 Å². The van der Waals surface area contributed by atoms with Crippen LogP contribution in [0, 0.1) is 0 Å². The van der Waals surface area contributed by atoms with Gasteiger partial charge in [0.05, 0.1) is 18.0 Å². The van der Waals surface area contributed by atoms with Gasteiger partial charge in [-0.3, -0.25) is 9.59 Å². The molecule has 0 aliphatic carbocycles. The molecule has 0 spiro atoms. The summed E-state index contributed by atoms with van der Waals surface area (Å²) in [6.07, 6.45) is 0.867. The Morgan fingerprint density at radius 3 is 2.85 bits per heavy atom. The molecule has 3 rings (SSSR count). The van der Waals surface area contributed by atoms with E-state index in [1.807, 2.05) is 56.3 Å². The van der Waals surface area contributed by atoms with E-state index in [2.05, 4.69) is 5.32 Å². The Morgan fingerprint density at radius 1 is 1.31 bits per heavy atom. The minimum atomic E-state index is -0.118. The number of hydrogen-bond donors (Lipinski definition) is 1. The van der Waals surface area contributed by atoms with E-state index in [1.165, 1.54) is 11.8 Å². The molecule has 1 aliphatic rings. The number of fused-ring (bicyclic) bond motifs is 1. The number of carbonyl (C=O) groups is 2. The molecule has 6 heteroatoms. The molecule has 0 unspecified atom stereocenters. The predicted octanol–water partition coefficient (Wildman–Crippen LogP) is 4.51. The minimum Gasteiger partial charge on any atom is -0.350 e. The van der Waals surface area contributed by atoms with Crippen molar-refractivity contribution in [1.82, 2.24) is 5.32 Å². The van der Waals surface area contributed by atoms with E-state index < -0.39 is 0 Å². The third-order valence-electron chi connectivity index (χ3n) is 4.38. The third kappa shape index (κ3) is 4.22. The zero-order valence-corrected chi connectivity index (χ0v) is 16.4. The van der Waals surface area contributed by atoms with Gasteiger partial charge < -0.3 is 10.2 Å². The fraction of sp³-hybridized carbons (Fsp3) is 0.300. The number of thioether (sulfide) groups is 1. The molecule has 0 bridgehead atoms. The molecule has 136 valence electrons. The van der Waals surface area contributed by atoms with Gasteiger partial charge in [0.15, 0.2) is 0 Å². The van der Waals surface area contributed by atoms with Crippen molar-refractivity contribution in [2.75, 3.05) is 10.7 Å². The molecule has 1 atom stereocenters. The van der Waals surface area contributed by atoms with Crippen molar-refractivity contribution < 1.29 is 9.59 Å². The van der Waals surface area contributed by atoms with E-state index in [1.54, 1.807) is 4.90 Å². The van der Waals surface area contributed by atoms with Gasteiger partial charge in [0.1, 0.15) is 0 Å². The lowest BCUT2D eigenvalue weighted by Gasteiger charge is -2.29. The molecule has 0 fully saturated rings. The zero-order chi connectivity index (χ0) is 18.7. The summed E-state index contributed by atoms with van der Waals surface area (Å²) in [6, 6.07) is 13.1. The van der Waals surface area contributed by atoms with Crippen LogP contribution in [0.25, 0.3) is 0 Å². The quantitative estimate of drug-likeness (QED) is 0.819. The summed E-state index contributed by atoms with van der Waals surface area (Å²) < 4.78 is 0. The van der Waals surface area contributed by atoms with Gasteiger partial charge in [0, 0.05) is 21.5 Å². The van der Waals surface area contributed by atoms with Gasteiger partial charge in [-0.05, 0) is 49.2 Å². The first-order valence-electron chi connectivity index (χ1n) is 8.60. The van der Waals surface area contributed by atoms with Gasteiger partial charge in [-0.1, -0.05) is 30.7 Å². The van der Waals surface area contributed by atoms with Crippen molar-refractivity contribution in [3.05, 3.63) is 58.6 Å². The summed E-state index contributed by atoms with van der Waals surface area (Å²) in [6.45, 7) is 4.43. The number of nitrogens with one attached hydrogen (secondary N) is 1. The van der Waals surface area contributed by atoms with E-state index in [-0.39, 0.29) is 17.9 Å². The highest BCUT2D eigenvalue weighted by molar-refractivity contribution is 8.00. The number of nitrogens with zero attached hydrogens (tertiary/aromatic N) is 1. The smallest absolute Gasteiger partial charge is 0.251 e. The van der Waals surface area contributed by atoms with Crippen LogP contribution in [0.3, 0.4) is 0 Å². The topological polar surface area (TPSA) is 49.4 Å². The van der Waals surface area contributed by atoms with Crippen LogP contribution >= 0.6 is 23.4 Å². The van der Waals surface area contributed by atoms with Crippen LogP contribution in [0.2, 0.25) is 5.02 Å². The summed E-state index contributed by atoms with van der Waals surface area (Å²) in [5.41, 5.74) is 2.30. The molecule has 26 heavy (non-hydrogen) atoms. The van der Waals surface area contributed by atoms with Crippen molar-refractivity contribution in [3.63, 3.8) is 0 Å². The minimum absolute atomic E-state index is 0.0296. The molecule has 0 aromatic heterocycles. The average Bonchev–Trinajstić information content (AvgIpc) is 2.63. The summed E-state index contributed by atoms with van der Waals surface area (Å²) in [5.74, 6) is 0.307. The third-order valence-corrected chi connectivity index (χ3v) is 5.67. The molecule has 1 aliphatic heterocycles. The van der Waals surface area contributed by atoms with Crippen molar-refractivity contribution in [3.8, 4) is 0 Å². The molecule has 0 saturated carbocycles. The van der Waals surface area contributed by atoms with Crippen LogP contribution in [-0.4, -0.2) is 23.6 Å². The second kappa shape index (κ2) is 8.14. The van der Waals surface area contributed by atoms with E-state index in [0.717, 1.165) is 22.6 Å². The Bertz CT molecular complexity index is 840. The van der Waals surface area contributed by atoms with Gasteiger partial charge in [0.25, 0.3) is 5.91 Å². The summed E-state index contributed by atoms with van der Waals surface area (Å²) in [7, 11) is 0. The van der Waals surface area contributed by atoms with E-state index >= 15 is 0 Å². The number of halogens is 1. The van der Waals surface area contributed by atoms with Crippen LogP contribution in [0.4, 0.5) is 5.69 Å². The summed E-state index contributed by atoms with van der Waals surface area (Å²) >= 11 is 7.57. The fourth-order valence-corrected chi connectivity index (χ4v) is 3.87. The Balaban J connectivity index is 1.90. The molecule has 2 amide bonds. The first-order valence-corrected chi connectivity index (χ1v) is 9.96. The second-order valence-electron chi connectivity index (χ2n) is 6.36. The Morgan fingerprint density at radius 2 is 2.12 bits per heavy atom. The molecule has 1 N–H and O–H groups in total. The number of hydrogen-bond acceptors (Lipinski definition) is 3. The zero-order valence-electron chi connectivity index (χ0n) is 14.8. The van der Waals surface area contributed by atoms with Crippen LogP contribution < -0.4 is 10.2 Å². The van der Waals surface area contributed by atoms with Crippen molar-refractivity contribution in [2.24, 2.45) is 0 Å². The van der Waals surface area contributed by atoms with Crippen LogP contribution in [0.1, 0.15) is 36.2 Å². The number of rotatable bonds is 5. The molecular weight excluding hydrogens is 368 g/mol. The Labute approximate surface area is 162 Å². The van der Waals surface area contributed by atoms with Gasteiger partial charge >= 0.3 is 0 Å². The first-order chi connectivity index (χ1) is 12.5. The predicted molar refractivity (Wildman–Crippen MR) is 107 cm³/mol. The maximum atomic E-state index is 12.5. The molecule has 2 aromatic rings. The molecular formula is C20H21ClN2O2S. The lowest BCUT2D eigenvalue weighted by Crippen LogP contribution is -2.36. The van der Waals surface area contributed by atoms with Gasteiger partial charge in [-0.2, -0.15) is 0 Å². The van der Waals surface area contributed by atoms with Gasteiger partial charge in [-0.15, -0.1) is 11.8 Å². The number of anilines is 1. The molecule has 0 saturated heterocycles. The maximum Gasteiger partial charge on any atom is 0.251 e. The van der Waals surface area contributed by atoms with Crippen LogP contribution in [-0.2, 0) is 11.3 Å². The normalized spacial score (nSPS) is 14.7. The average molecular weight is 389 g/mol. The van der Waals surface area contributed by atoms with E-state index in [4.69, 9.17) is 11.6 Å². The highest BCUT2D eigenvalue weighted by Crippen LogP contribution is 2.37. The highest BCUT2D eigenvalue weighted by Gasteiger charge is 2.26. The standard InChI is InChI=1S/C20H21ClN2O2S/c1-3-13(2)22-20(25)15-7-8-18-17(10-15)23(19(24)12-26-18)11-14-5-4-6-16(21)9-14/h4-10,13H,3,11-12H2,1-2H3,(H,22,25)/t13-/m1/s1. The largest absolute Gasteiger partial charge is 0.350 e. The Hall–Kier alpha value is -1.98. The highest BCUT2D eigenvalue weighted by atomic mass is 35.5. The van der Waals surface area contributed by atoms with Crippen molar-refractivity contribution in [2.45, 2.75) is 37.8 Å². The van der Waals surface area contributed by atoms with Crippen molar-refractivity contribution in [1.29, 1.82) is 0 Å². The van der Waals surface area contributed by atoms with Gasteiger partial charge in [-0.25, -0.2) is 0 Å². The molecule has 1 heterocycles. The van der Waals surface area contributed by atoms with E-state index in [9.17, 15) is 9.59 Å². The number of carbonyl (C=O) groups excluding carboxylic acids is 2. The second-order valence-corrected chi connectivity index (χ2v) is 7.82. The van der Waals surface area contributed by atoms with Crippen LogP contribution in [0.15, 0.2) is 47.4 Å². The summed E-state index contributed by atoms with van der Waals surface area (Å²) in [4.78, 5) is 27.7. The summed E-state index contributed by atoms with van der Waals surface area (Å²) in [5, 5.41) is 3.61. The van der Waals surface area contributed by atoms with E-state index in [0.29, 0.717) is 22.9 Å². The fourth-order valence-electron chi connectivity index (χ4n) is 2.74. The molecule has 2 aromatic carbocycles. The number of amides is 2. The molecule has 4 nitrogen and oxygen atoms in total.